The maximum atomic E-state index is 12.6. The van der Waals surface area contributed by atoms with E-state index in [1.165, 1.54) is 7.05 Å². The van der Waals surface area contributed by atoms with Crippen LogP contribution in [0.1, 0.15) is 6.92 Å². The number of hydrogen-bond acceptors (Lipinski definition) is 3. The van der Waals surface area contributed by atoms with E-state index in [2.05, 4.69) is 5.10 Å². The average Bonchev–Trinajstić information content (AvgIpc) is 2.29. The molecule has 76 valence electrons. The first-order chi connectivity index (χ1) is 5.82. The van der Waals surface area contributed by atoms with Crippen molar-refractivity contribution in [3.63, 3.8) is 0 Å². The minimum Gasteiger partial charge on any atom is -0.335 e. The van der Waals surface area contributed by atoms with Gasteiger partial charge in [-0.05, 0) is 6.92 Å². The lowest BCUT2D eigenvalue weighted by molar-refractivity contribution is -0.0663. The maximum Gasteiger partial charge on any atom is 0.451 e. The Morgan fingerprint density at radius 3 is 2.23 bits per heavy atom. The minimum absolute atomic E-state index is 0.174. The molecule has 0 aromatic carbocycles. The van der Waals surface area contributed by atoms with E-state index in [9.17, 15) is 17.6 Å². The molecule has 7 heteroatoms. The van der Waals surface area contributed by atoms with Crippen molar-refractivity contribution in [3.8, 4) is 0 Å². The van der Waals surface area contributed by atoms with Gasteiger partial charge in [-0.15, -0.1) is 5.10 Å². The Bertz CT molecular complexity index is 222. The first kappa shape index (κ1) is 10.1. The summed E-state index contributed by atoms with van der Waals surface area (Å²) in [5.41, 5.74) is 0. The second-order valence-corrected chi connectivity index (χ2v) is 2.77. The van der Waals surface area contributed by atoms with E-state index in [-0.39, 0.29) is 6.67 Å². The van der Waals surface area contributed by atoms with E-state index in [4.69, 9.17) is 0 Å². The molecule has 0 aromatic rings. The van der Waals surface area contributed by atoms with Crippen molar-refractivity contribution in [1.82, 2.24) is 9.91 Å². The van der Waals surface area contributed by atoms with E-state index in [0.717, 1.165) is 16.8 Å². The molecule has 1 heterocycles. The monoisotopic (exact) mass is 199 g/mol. The summed E-state index contributed by atoms with van der Waals surface area (Å²) < 4.78 is 48.9. The second-order valence-electron chi connectivity index (χ2n) is 2.77. The van der Waals surface area contributed by atoms with Crippen molar-refractivity contribution in [3.05, 3.63) is 0 Å². The van der Waals surface area contributed by atoms with Crippen molar-refractivity contribution in [2.45, 2.75) is 19.4 Å². The summed E-state index contributed by atoms with van der Waals surface area (Å²) in [5, 5.41) is 3.85. The maximum absolute atomic E-state index is 12.6. The van der Waals surface area contributed by atoms with Gasteiger partial charge in [-0.2, -0.15) is 13.2 Å². The van der Waals surface area contributed by atoms with Gasteiger partial charge >= 0.3 is 6.18 Å². The fourth-order valence-electron chi connectivity index (χ4n) is 0.979. The smallest absolute Gasteiger partial charge is 0.335 e. The Hall–Kier alpha value is -1.01. The molecule has 1 rings (SSSR count). The fraction of sp³-hybridized carbons (Fsp3) is 0.833. The molecule has 13 heavy (non-hydrogen) atoms. The lowest BCUT2D eigenvalue weighted by Crippen LogP contribution is -2.36. The van der Waals surface area contributed by atoms with E-state index >= 15 is 0 Å². The molecule has 0 bridgehead atoms. The molecular weight excluding hydrogens is 190 g/mol. The van der Waals surface area contributed by atoms with Crippen LogP contribution in [0.4, 0.5) is 17.6 Å². The molecule has 0 saturated carbocycles. The van der Waals surface area contributed by atoms with Gasteiger partial charge in [0, 0.05) is 7.05 Å². The van der Waals surface area contributed by atoms with Crippen molar-refractivity contribution in [2.75, 3.05) is 13.7 Å². The molecule has 0 aromatic heterocycles. The molecule has 1 aliphatic heterocycles. The van der Waals surface area contributed by atoms with Crippen LogP contribution in [0.15, 0.2) is 5.10 Å². The number of alkyl halides is 4. The lowest BCUT2D eigenvalue weighted by atomic mass is 10.5. The molecule has 0 amide bonds. The van der Waals surface area contributed by atoms with Gasteiger partial charge < -0.3 is 4.90 Å². The van der Waals surface area contributed by atoms with Crippen LogP contribution >= 0.6 is 0 Å². The van der Waals surface area contributed by atoms with Crippen LogP contribution in [0.3, 0.4) is 0 Å². The summed E-state index contributed by atoms with van der Waals surface area (Å²) in [6.45, 7) is 0.961. The number of rotatable bonds is 1. The van der Waals surface area contributed by atoms with Crippen LogP contribution in [0.25, 0.3) is 0 Å². The summed E-state index contributed by atoms with van der Waals surface area (Å²) in [6.07, 6.45) is -6.03. The first-order valence-corrected chi connectivity index (χ1v) is 3.60. The topological polar surface area (TPSA) is 18.8 Å². The van der Waals surface area contributed by atoms with Crippen LogP contribution in [0.5, 0.6) is 0 Å². The van der Waals surface area contributed by atoms with Gasteiger partial charge in [0.15, 0.2) is 6.30 Å². The highest BCUT2D eigenvalue weighted by atomic mass is 19.4. The third-order valence-corrected chi connectivity index (χ3v) is 1.61. The normalized spacial score (nSPS) is 20.6. The zero-order valence-electron chi connectivity index (χ0n) is 7.14. The highest BCUT2D eigenvalue weighted by Crippen LogP contribution is 2.24. The number of hydrogen-bond donors (Lipinski definition) is 0. The first-order valence-electron chi connectivity index (χ1n) is 3.60. The summed E-state index contributed by atoms with van der Waals surface area (Å²) in [6, 6.07) is 0. The summed E-state index contributed by atoms with van der Waals surface area (Å²) >= 11 is 0. The molecule has 0 fully saturated rings. The van der Waals surface area contributed by atoms with E-state index in [1.807, 2.05) is 0 Å². The minimum atomic E-state index is -4.52. The Morgan fingerprint density at radius 2 is 2.00 bits per heavy atom. The summed E-state index contributed by atoms with van der Waals surface area (Å²) in [7, 11) is 1.22. The molecule has 0 radical (unpaired) electrons. The lowest BCUT2D eigenvalue weighted by Gasteiger charge is -2.17. The molecular formula is C6H9F4N3. The highest BCUT2D eigenvalue weighted by molar-refractivity contribution is 5.88. The quantitative estimate of drug-likeness (QED) is 0.469. The number of halogens is 4. The standard InChI is InChI=1S/C6H9F4N3/c1-4(7)13-3-12(2)5(11-13)6(8,9)10/h4H,3H2,1-2H3. The molecule has 1 aliphatic rings. The summed E-state index contributed by atoms with van der Waals surface area (Å²) in [4.78, 5) is 0.857. The van der Waals surface area contributed by atoms with Crippen molar-refractivity contribution < 1.29 is 17.6 Å². The SMILES string of the molecule is CC(F)N1CN(C)C(C(F)(F)F)=N1. The predicted molar refractivity (Wildman–Crippen MR) is 38.5 cm³/mol. The van der Waals surface area contributed by atoms with Gasteiger partial charge in [0.05, 0.1) is 0 Å². The van der Waals surface area contributed by atoms with Crippen LogP contribution in [0, 0.1) is 0 Å². The molecule has 0 aliphatic carbocycles. The average molecular weight is 199 g/mol. The van der Waals surface area contributed by atoms with E-state index < -0.39 is 18.3 Å². The predicted octanol–water partition coefficient (Wildman–Crippen LogP) is 1.38. The Kier molecular flexibility index (Phi) is 2.36. The largest absolute Gasteiger partial charge is 0.451 e. The van der Waals surface area contributed by atoms with Crippen LogP contribution in [0.2, 0.25) is 0 Å². The molecule has 1 atom stereocenters. The fourth-order valence-corrected chi connectivity index (χ4v) is 0.979. The number of nitrogens with zero attached hydrogens (tertiary/aromatic N) is 3. The molecule has 3 nitrogen and oxygen atoms in total. The van der Waals surface area contributed by atoms with E-state index in [1.54, 1.807) is 0 Å². The van der Waals surface area contributed by atoms with Gasteiger partial charge in [0.25, 0.3) is 0 Å². The van der Waals surface area contributed by atoms with Crippen molar-refractivity contribution in [2.24, 2.45) is 5.10 Å². The Morgan fingerprint density at radius 1 is 1.46 bits per heavy atom. The van der Waals surface area contributed by atoms with Crippen molar-refractivity contribution in [1.29, 1.82) is 0 Å². The zero-order valence-corrected chi connectivity index (χ0v) is 7.14. The zero-order chi connectivity index (χ0) is 10.2. The molecule has 0 N–H and O–H groups in total. The summed E-state index contributed by atoms with van der Waals surface area (Å²) in [5.74, 6) is -1.06. The van der Waals surface area contributed by atoms with Gasteiger partial charge in [0.2, 0.25) is 5.84 Å². The van der Waals surface area contributed by atoms with Gasteiger partial charge in [-0.3, -0.25) is 0 Å². The van der Waals surface area contributed by atoms with Gasteiger partial charge in [-0.1, -0.05) is 0 Å². The number of amidine groups is 1. The Balaban J connectivity index is 2.80. The van der Waals surface area contributed by atoms with Gasteiger partial charge in [-0.25, -0.2) is 9.40 Å². The highest BCUT2D eigenvalue weighted by Gasteiger charge is 2.43. The Labute approximate surface area is 72.6 Å². The molecule has 0 saturated heterocycles. The molecule has 1 unspecified atom stereocenters. The number of hydrazone groups is 1. The van der Waals surface area contributed by atoms with Crippen LogP contribution < -0.4 is 0 Å². The third kappa shape index (κ3) is 2.02. The molecule has 0 spiro atoms. The third-order valence-electron chi connectivity index (χ3n) is 1.61. The van der Waals surface area contributed by atoms with E-state index in [0.29, 0.717) is 0 Å². The second kappa shape index (κ2) is 3.04. The van der Waals surface area contributed by atoms with Crippen molar-refractivity contribution >= 4 is 5.84 Å². The van der Waals surface area contributed by atoms with Gasteiger partial charge in [0.1, 0.15) is 6.67 Å². The van der Waals surface area contributed by atoms with Crippen LogP contribution in [-0.2, 0) is 0 Å². The van der Waals surface area contributed by atoms with Crippen LogP contribution in [-0.4, -0.2) is 41.9 Å².